The van der Waals surface area contributed by atoms with E-state index < -0.39 is 6.04 Å². The van der Waals surface area contributed by atoms with Crippen molar-refractivity contribution in [2.75, 3.05) is 18.5 Å². The maximum absolute atomic E-state index is 13.8. The third-order valence-electron chi connectivity index (χ3n) is 5.77. The number of ether oxygens (including phenoxy) is 1. The minimum atomic E-state index is -0.519. The summed E-state index contributed by atoms with van der Waals surface area (Å²) in [5.74, 6) is 1.02. The SMILES string of the molecule is CCOc1ccccc1-n1c(C(C)N(CC)C(=O)Nc2ccccc2Br)nc2ccccc2c1=O. The molecule has 7 nitrogen and oxygen atoms in total. The van der Waals surface area contributed by atoms with Gasteiger partial charge in [0.1, 0.15) is 11.6 Å². The number of amides is 2. The molecule has 1 N–H and O–H groups in total. The molecule has 4 rings (SSSR count). The molecule has 3 aromatic carbocycles. The molecule has 1 heterocycles. The summed E-state index contributed by atoms with van der Waals surface area (Å²) in [5, 5.41) is 3.45. The Balaban J connectivity index is 1.86. The van der Waals surface area contributed by atoms with Crippen LogP contribution in [-0.2, 0) is 0 Å². The zero-order valence-electron chi connectivity index (χ0n) is 19.9. The van der Waals surface area contributed by atoms with Gasteiger partial charge >= 0.3 is 6.03 Å². The van der Waals surface area contributed by atoms with Crippen LogP contribution in [0.5, 0.6) is 5.75 Å². The summed E-state index contributed by atoms with van der Waals surface area (Å²) in [6.45, 7) is 6.53. The number of carbonyl (C=O) groups excluding carboxylic acids is 1. The summed E-state index contributed by atoms with van der Waals surface area (Å²) in [5.41, 5.74) is 1.61. The second kappa shape index (κ2) is 10.7. The second-order valence-electron chi connectivity index (χ2n) is 7.90. The Bertz CT molecular complexity index is 1420. The fourth-order valence-electron chi connectivity index (χ4n) is 4.06. The van der Waals surface area contributed by atoms with E-state index in [-0.39, 0.29) is 11.6 Å². The lowest BCUT2D eigenvalue weighted by Crippen LogP contribution is -2.39. The number of rotatable bonds is 7. The second-order valence-corrected chi connectivity index (χ2v) is 8.75. The monoisotopic (exact) mass is 534 g/mol. The van der Waals surface area contributed by atoms with Gasteiger partial charge in [-0.05, 0) is 73.1 Å². The van der Waals surface area contributed by atoms with Crippen LogP contribution in [0.15, 0.2) is 82.1 Å². The van der Waals surface area contributed by atoms with Crippen molar-refractivity contribution >= 4 is 38.6 Å². The van der Waals surface area contributed by atoms with E-state index in [0.717, 1.165) is 4.47 Å². The van der Waals surface area contributed by atoms with Crippen LogP contribution in [0.25, 0.3) is 16.6 Å². The number of nitrogens with zero attached hydrogens (tertiary/aromatic N) is 3. The van der Waals surface area contributed by atoms with E-state index >= 15 is 0 Å². The minimum Gasteiger partial charge on any atom is -0.492 e. The predicted octanol–water partition coefficient (Wildman–Crippen LogP) is 6.16. The van der Waals surface area contributed by atoms with E-state index in [1.54, 1.807) is 15.5 Å². The van der Waals surface area contributed by atoms with Crippen LogP contribution in [-0.4, -0.2) is 33.6 Å². The number of para-hydroxylation sites is 4. The molecule has 0 aliphatic rings. The van der Waals surface area contributed by atoms with Crippen LogP contribution in [0.3, 0.4) is 0 Å². The van der Waals surface area contributed by atoms with Gasteiger partial charge in [0.25, 0.3) is 5.56 Å². The first-order valence-electron chi connectivity index (χ1n) is 11.5. The third-order valence-corrected chi connectivity index (χ3v) is 6.46. The molecule has 0 radical (unpaired) electrons. The fourth-order valence-corrected chi connectivity index (χ4v) is 4.45. The maximum Gasteiger partial charge on any atom is 0.322 e. The van der Waals surface area contributed by atoms with Gasteiger partial charge in [0.15, 0.2) is 0 Å². The van der Waals surface area contributed by atoms with Gasteiger partial charge < -0.3 is 15.0 Å². The first-order valence-corrected chi connectivity index (χ1v) is 12.3. The molecule has 1 aromatic heterocycles. The molecule has 0 saturated heterocycles. The largest absolute Gasteiger partial charge is 0.492 e. The summed E-state index contributed by atoms with van der Waals surface area (Å²) >= 11 is 3.47. The van der Waals surface area contributed by atoms with Crippen molar-refractivity contribution in [1.82, 2.24) is 14.5 Å². The van der Waals surface area contributed by atoms with Gasteiger partial charge in [-0.2, -0.15) is 0 Å². The standard InChI is InChI=1S/C27H27BrN4O3/c1-4-31(27(34)30-22-15-9-7-13-20(22)28)18(3)25-29-21-14-8-6-12-19(21)26(33)32(25)23-16-10-11-17-24(23)35-5-2/h6-18H,4-5H2,1-3H3,(H,30,34). The van der Waals surface area contributed by atoms with E-state index in [9.17, 15) is 9.59 Å². The zero-order chi connectivity index (χ0) is 24.9. The highest BCUT2D eigenvalue weighted by Gasteiger charge is 2.27. The number of aromatic nitrogens is 2. The van der Waals surface area contributed by atoms with Crippen molar-refractivity contribution in [2.45, 2.75) is 26.8 Å². The van der Waals surface area contributed by atoms with E-state index in [1.165, 1.54) is 0 Å². The quantitative estimate of drug-likeness (QED) is 0.308. The van der Waals surface area contributed by atoms with Crippen molar-refractivity contribution in [3.8, 4) is 11.4 Å². The molecule has 2 amide bonds. The zero-order valence-corrected chi connectivity index (χ0v) is 21.5. The number of carbonyl (C=O) groups is 1. The summed E-state index contributed by atoms with van der Waals surface area (Å²) in [6, 6.07) is 21.2. The van der Waals surface area contributed by atoms with Crippen LogP contribution in [0.4, 0.5) is 10.5 Å². The number of benzene rings is 3. The number of urea groups is 1. The smallest absolute Gasteiger partial charge is 0.322 e. The lowest BCUT2D eigenvalue weighted by molar-refractivity contribution is 0.193. The molecular formula is C27H27BrN4O3. The molecule has 0 saturated carbocycles. The first-order chi connectivity index (χ1) is 17.0. The Hall–Kier alpha value is -3.65. The van der Waals surface area contributed by atoms with Gasteiger partial charge in [0.05, 0.1) is 34.9 Å². The van der Waals surface area contributed by atoms with Crippen molar-refractivity contribution in [2.24, 2.45) is 0 Å². The van der Waals surface area contributed by atoms with Gasteiger partial charge in [-0.1, -0.05) is 36.4 Å². The summed E-state index contributed by atoms with van der Waals surface area (Å²) in [4.78, 5) is 33.6. The van der Waals surface area contributed by atoms with Crippen molar-refractivity contribution in [3.05, 3.63) is 93.4 Å². The average Bonchev–Trinajstić information content (AvgIpc) is 2.86. The van der Waals surface area contributed by atoms with Crippen molar-refractivity contribution in [1.29, 1.82) is 0 Å². The summed E-state index contributed by atoms with van der Waals surface area (Å²) < 4.78 is 8.18. The highest BCUT2D eigenvalue weighted by Crippen LogP contribution is 2.29. The average molecular weight is 535 g/mol. The number of hydrogen-bond donors (Lipinski definition) is 1. The number of hydrogen-bond acceptors (Lipinski definition) is 4. The van der Waals surface area contributed by atoms with Gasteiger partial charge in [-0.3, -0.25) is 9.36 Å². The molecule has 0 aliphatic heterocycles. The highest BCUT2D eigenvalue weighted by molar-refractivity contribution is 9.10. The van der Waals surface area contributed by atoms with Crippen molar-refractivity contribution in [3.63, 3.8) is 0 Å². The third kappa shape index (κ3) is 4.93. The van der Waals surface area contributed by atoms with Gasteiger partial charge in [-0.25, -0.2) is 9.78 Å². The molecule has 1 unspecified atom stereocenters. The Labute approximate surface area is 212 Å². The topological polar surface area (TPSA) is 76.5 Å². The molecule has 8 heteroatoms. The van der Waals surface area contributed by atoms with E-state index in [1.807, 2.05) is 87.5 Å². The predicted molar refractivity (Wildman–Crippen MR) is 142 cm³/mol. The molecule has 35 heavy (non-hydrogen) atoms. The van der Waals surface area contributed by atoms with E-state index in [0.29, 0.717) is 47.0 Å². The molecule has 1 atom stereocenters. The molecule has 4 aromatic rings. The molecule has 180 valence electrons. The van der Waals surface area contributed by atoms with Crippen LogP contribution >= 0.6 is 15.9 Å². The Morgan fingerprint density at radius 1 is 1.06 bits per heavy atom. The first kappa shape index (κ1) is 24.5. The molecule has 0 fully saturated rings. The van der Waals surface area contributed by atoms with Crippen LogP contribution in [0.1, 0.15) is 32.6 Å². The van der Waals surface area contributed by atoms with Crippen LogP contribution < -0.4 is 15.6 Å². The van der Waals surface area contributed by atoms with Gasteiger partial charge in [0.2, 0.25) is 0 Å². The summed E-state index contributed by atoms with van der Waals surface area (Å²) in [6.07, 6.45) is 0. The van der Waals surface area contributed by atoms with Crippen LogP contribution in [0, 0.1) is 0 Å². The fraction of sp³-hybridized carbons (Fsp3) is 0.222. The lowest BCUT2D eigenvalue weighted by Gasteiger charge is -2.30. The normalized spacial score (nSPS) is 11.8. The van der Waals surface area contributed by atoms with Crippen molar-refractivity contribution < 1.29 is 9.53 Å². The molecule has 0 spiro atoms. The van der Waals surface area contributed by atoms with Crippen LogP contribution in [0.2, 0.25) is 0 Å². The number of anilines is 1. The number of halogens is 1. The maximum atomic E-state index is 13.8. The number of fused-ring (bicyclic) bond motifs is 1. The molecule has 0 bridgehead atoms. The minimum absolute atomic E-state index is 0.216. The van der Waals surface area contributed by atoms with Gasteiger partial charge in [-0.15, -0.1) is 0 Å². The molecule has 0 aliphatic carbocycles. The Morgan fingerprint density at radius 2 is 1.74 bits per heavy atom. The van der Waals surface area contributed by atoms with Gasteiger partial charge in [0, 0.05) is 11.0 Å². The molecular weight excluding hydrogens is 508 g/mol. The number of nitrogens with one attached hydrogen (secondary N) is 1. The van der Waals surface area contributed by atoms with E-state index in [4.69, 9.17) is 9.72 Å². The highest BCUT2D eigenvalue weighted by atomic mass is 79.9. The lowest BCUT2D eigenvalue weighted by atomic mass is 10.2. The Morgan fingerprint density at radius 3 is 2.49 bits per heavy atom. The summed E-state index contributed by atoms with van der Waals surface area (Å²) in [7, 11) is 0. The Kier molecular flexibility index (Phi) is 7.51. The van der Waals surface area contributed by atoms with E-state index in [2.05, 4.69) is 21.2 Å².